The number of hydrogen-bond acceptors (Lipinski definition) is 6. The van der Waals surface area contributed by atoms with E-state index in [1.807, 2.05) is 20.9 Å². The molecule has 3 N–H and O–H groups in total. The monoisotopic (exact) mass is 354 g/mol. The van der Waals surface area contributed by atoms with Gasteiger partial charge in [0.2, 0.25) is 17.6 Å². The zero-order chi connectivity index (χ0) is 18.8. The number of nitrogens with zero attached hydrogens (tertiary/aromatic N) is 6. The van der Waals surface area contributed by atoms with Gasteiger partial charge in [-0.05, 0) is 31.2 Å². The predicted molar refractivity (Wildman–Crippen MR) is 93.1 cm³/mol. The molecule has 2 heterocycles. The highest BCUT2D eigenvalue weighted by molar-refractivity contribution is 5.93. The molecule has 0 bridgehead atoms. The first-order chi connectivity index (χ1) is 12.3. The number of nitrogens with two attached hydrogens (primary N) is 1. The maximum Gasteiger partial charge on any atom is 0.248 e. The largest absolute Gasteiger partial charge is 0.366 e. The van der Waals surface area contributed by atoms with Crippen LogP contribution in [0.2, 0.25) is 0 Å². The number of amides is 2. The smallest absolute Gasteiger partial charge is 0.248 e. The second-order valence-electron chi connectivity index (χ2n) is 5.80. The zero-order valence-electron chi connectivity index (χ0n) is 14.6. The highest BCUT2D eigenvalue weighted by Crippen LogP contribution is 2.18. The third kappa shape index (κ3) is 3.43. The Morgan fingerprint density at radius 3 is 2.42 bits per heavy atom. The normalized spacial score (nSPS) is 10.7. The Balaban J connectivity index is 1.70. The lowest BCUT2D eigenvalue weighted by atomic mass is 10.1. The number of carbonyl (C=O) groups excluding carboxylic acids is 2. The molecule has 0 atom stereocenters. The third-order valence-corrected chi connectivity index (χ3v) is 3.94. The number of aryl methyl sites for hydroxylation is 2. The molecule has 10 nitrogen and oxygen atoms in total. The van der Waals surface area contributed by atoms with Gasteiger partial charge in [0.1, 0.15) is 6.54 Å². The first-order valence-corrected chi connectivity index (χ1v) is 7.83. The van der Waals surface area contributed by atoms with Crippen molar-refractivity contribution in [3.63, 3.8) is 0 Å². The van der Waals surface area contributed by atoms with E-state index >= 15 is 0 Å². The van der Waals surface area contributed by atoms with Crippen LogP contribution in [0.4, 0.5) is 5.69 Å². The summed E-state index contributed by atoms with van der Waals surface area (Å²) in [5.41, 5.74) is 8.54. The van der Waals surface area contributed by atoms with Crippen molar-refractivity contribution in [2.75, 3.05) is 5.32 Å². The van der Waals surface area contributed by atoms with E-state index in [9.17, 15) is 9.59 Å². The summed E-state index contributed by atoms with van der Waals surface area (Å²) in [6.45, 7) is 3.61. The number of anilines is 1. The molecule has 0 aliphatic heterocycles. The minimum Gasteiger partial charge on any atom is -0.366 e. The molecule has 2 amide bonds. The van der Waals surface area contributed by atoms with E-state index in [4.69, 9.17) is 5.73 Å². The van der Waals surface area contributed by atoms with Gasteiger partial charge in [-0.25, -0.2) is 0 Å². The average Bonchev–Trinajstić information content (AvgIpc) is 3.15. The molecular weight excluding hydrogens is 336 g/mol. The maximum atomic E-state index is 12.2. The number of hydrogen-bond donors (Lipinski definition) is 2. The fraction of sp³-hybridized carbons (Fsp3) is 0.250. The fourth-order valence-corrected chi connectivity index (χ4v) is 2.47. The molecule has 0 spiro atoms. The highest BCUT2D eigenvalue weighted by Gasteiger charge is 2.14. The molecule has 26 heavy (non-hydrogen) atoms. The van der Waals surface area contributed by atoms with Crippen LogP contribution in [0.15, 0.2) is 24.3 Å². The van der Waals surface area contributed by atoms with E-state index in [1.165, 1.54) is 4.80 Å². The summed E-state index contributed by atoms with van der Waals surface area (Å²) in [6, 6.07) is 6.51. The summed E-state index contributed by atoms with van der Waals surface area (Å²) in [5, 5.41) is 19.1. The van der Waals surface area contributed by atoms with Gasteiger partial charge in [-0.15, -0.1) is 10.2 Å². The van der Waals surface area contributed by atoms with Crippen molar-refractivity contribution in [1.82, 2.24) is 30.0 Å². The molecule has 3 aromatic rings. The molecule has 0 saturated heterocycles. The van der Waals surface area contributed by atoms with E-state index in [1.54, 1.807) is 28.9 Å². The number of carbonyl (C=O) groups is 2. The van der Waals surface area contributed by atoms with Crippen LogP contribution in [0, 0.1) is 13.8 Å². The zero-order valence-corrected chi connectivity index (χ0v) is 14.6. The minimum absolute atomic E-state index is 0.0832. The molecule has 0 fully saturated rings. The molecule has 0 aliphatic carbocycles. The molecule has 134 valence electrons. The molecule has 0 radical (unpaired) electrons. The van der Waals surface area contributed by atoms with Crippen molar-refractivity contribution in [1.29, 1.82) is 0 Å². The summed E-state index contributed by atoms with van der Waals surface area (Å²) < 4.78 is 1.70. The van der Waals surface area contributed by atoms with Crippen LogP contribution in [0.1, 0.15) is 21.7 Å². The lowest BCUT2D eigenvalue weighted by Crippen LogP contribution is -2.21. The topological polar surface area (TPSA) is 134 Å². The Morgan fingerprint density at radius 1 is 1.15 bits per heavy atom. The lowest BCUT2D eigenvalue weighted by molar-refractivity contribution is -0.117. The van der Waals surface area contributed by atoms with Gasteiger partial charge in [0, 0.05) is 18.2 Å². The van der Waals surface area contributed by atoms with Gasteiger partial charge >= 0.3 is 0 Å². The summed E-state index contributed by atoms with van der Waals surface area (Å²) in [5.74, 6) is -0.439. The number of rotatable bonds is 5. The van der Waals surface area contributed by atoms with Gasteiger partial charge in [-0.3, -0.25) is 14.3 Å². The average molecular weight is 354 g/mol. The molecule has 0 aliphatic rings. The summed E-state index contributed by atoms with van der Waals surface area (Å²) in [7, 11) is 1.81. The van der Waals surface area contributed by atoms with E-state index in [0.717, 1.165) is 11.4 Å². The van der Waals surface area contributed by atoms with Crippen molar-refractivity contribution in [3.8, 4) is 11.4 Å². The lowest BCUT2D eigenvalue weighted by Gasteiger charge is -2.04. The third-order valence-electron chi connectivity index (χ3n) is 3.94. The molecule has 10 heteroatoms. The molecule has 2 aromatic heterocycles. The Morgan fingerprint density at radius 2 is 1.85 bits per heavy atom. The second kappa shape index (κ2) is 6.75. The first-order valence-electron chi connectivity index (χ1n) is 7.83. The van der Waals surface area contributed by atoms with E-state index in [0.29, 0.717) is 22.6 Å². The van der Waals surface area contributed by atoms with Crippen molar-refractivity contribution < 1.29 is 9.59 Å². The van der Waals surface area contributed by atoms with Crippen LogP contribution in [-0.4, -0.2) is 41.8 Å². The quantitative estimate of drug-likeness (QED) is 0.682. The molecule has 0 saturated carbocycles. The number of nitrogens with one attached hydrogen (secondary N) is 1. The second-order valence-corrected chi connectivity index (χ2v) is 5.80. The van der Waals surface area contributed by atoms with E-state index in [-0.39, 0.29) is 12.5 Å². The number of primary amides is 1. The van der Waals surface area contributed by atoms with Crippen LogP contribution in [0.25, 0.3) is 11.4 Å². The van der Waals surface area contributed by atoms with Gasteiger partial charge in [0.25, 0.3) is 0 Å². The predicted octanol–water partition coefficient (Wildman–Crippen LogP) is 0.428. The first kappa shape index (κ1) is 17.3. The number of aromatic nitrogens is 6. The molecule has 1 aromatic carbocycles. The van der Waals surface area contributed by atoms with Gasteiger partial charge in [-0.2, -0.15) is 9.90 Å². The van der Waals surface area contributed by atoms with Crippen molar-refractivity contribution in [2.24, 2.45) is 12.8 Å². The highest BCUT2D eigenvalue weighted by atomic mass is 16.2. The maximum absolute atomic E-state index is 12.2. The van der Waals surface area contributed by atoms with Crippen molar-refractivity contribution in [2.45, 2.75) is 20.4 Å². The van der Waals surface area contributed by atoms with Crippen LogP contribution >= 0.6 is 0 Å². The summed E-state index contributed by atoms with van der Waals surface area (Å²) >= 11 is 0. The number of tetrazole rings is 1. The Labute approximate surface area is 149 Å². The van der Waals surface area contributed by atoms with E-state index < -0.39 is 5.91 Å². The molecule has 3 rings (SSSR count). The number of benzene rings is 1. The summed E-state index contributed by atoms with van der Waals surface area (Å²) in [4.78, 5) is 24.5. The van der Waals surface area contributed by atoms with Crippen LogP contribution < -0.4 is 11.1 Å². The minimum atomic E-state index is -0.508. The van der Waals surface area contributed by atoms with Crippen LogP contribution in [0.3, 0.4) is 0 Å². The fourth-order valence-electron chi connectivity index (χ4n) is 2.47. The van der Waals surface area contributed by atoms with Crippen molar-refractivity contribution >= 4 is 17.5 Å². The van der Waals surface area contributed by atoms with Crippen molar-refractivity contribution in [3.05, 3.63) is 41.2 Å². The van der Waals surface area contributed by atoms with Gasteiger partial charge in [0.05, 0.1) is 17.1 Å². The van der Waals surface area contributed by atoms with Gasteiger partial charge in [0.15, 0.2) is 0 Å². The van der Waals surface area contributed by atoms with Gasteiger partial charge < -0.3 is 11.1 Å². The standard InChI is InChI=1S/C16H18N8O2/c1-9-14(10(2)23(3)20-9)18-13(25)8-24-21-16(19-22-24)12-6-4-11(5-7-12)15(17)26/h4-7H,8H2,1-3H3,(H2,17,26)(H,18,25). The molecular formula is C16H18N8O2. The Bertz CT molecular complexity index is 971. The Hall–Kier alpha value is -3.56. The van der Waals surface area contributed by atoms with Gasteiger partial charge in [-0.1, -0.05) is 12.1 Å². The van der Waals surface area contributed by atoms with Crippen LogP contribution in [0.5, 0.6) is 0 Å². The summed E-state index contributed by atoms with van der Waals surface area (Å²) in [6.07, 6.45) is 0. The van der Waals surface area contributed by atoms with E-state index in [2.05, 4.69) is 25.8 Å². The molecule has 0 unspecified atom stereocenters. The Kier molecular flexibility index (Phi) is 4.48. The van der Waals surface area contributed by atoms with Crippen LogP contribution in [-0.2, 0) is 18.4 Å². The SMILES string of the molecule is Cc1nn(C)c(C)c1NC(=O)Cn1nnc(-c2ccc(C(N)=O)cc2)n1.